The second kappa shape index (κ2) is 17.6. The zero-order valence-electron chi connectivity index (χ0n) is 27.4. The van der Waals surface area contributed by atoms with Gasteiger partial charge in [-0.1, -0.05) is 82.0 Å². The predicted octanol–water partition coefficient (Wildman–Crippen LogP) is 5.63. The summed E-state index contributed by atoms with van der Waals surface area (Å²) >= 11 is -0.0696. The number of fused-ring (bicyclic) bond motifs is 1. The highest BCUT2D eigenvalue weighted by Crippen LogP contribution is 2.43. The number of carboxylic acids is 1. The highest BCUT2D eigenvalue weighted by molar-refractivity contribution is 7.98. The number of carbonyl (C=O) groups excluding carboxylic acids is 2. The number of anilines is 1. The van der Waals surface area contributed by atoms with Crippen LogP contribution in [-0.4, -0.2) is 58.9 Å². The third-order valence-electron chi connectivity index (χ3n) is 8.34. The molecule has 12 heteroatoms. The molecule has 254 valence electrons. The molecule has 4 N–H and O–H groups in total. The van der Waals surface area contributed by atoms with Crippen molar-refractivity contribution in [3.8, 4) is 5.75 Å². The summed E-state index contributed by atoms with van der Waals surface area (Å²) in [7, 11) is 0. The number of unbranched alkanes of at least 4 members (excludes halogenated alkanes) is 2. The van der Waals surface area contributed by atoms with E-state index in [1.54, 1.807) is 36.4 Å². The summed E-state index contributed by atoms with van der Waals surface area (Å²) in [5.41, 5.74) is 2.21. The summed E-state index contributed by atoms with van der Waals surface area (Å²) in [4.78, 5) is 40.8. The monoisotopic (exact) mass is 682 g/mol. The summed E-state index contributed by atoms with van der Waals surface area (Å²) < 4.78 is 23.8. The molecule has 47 heavy (non-hydrogen) atoms. The number of carbonyl (C=O) groups is 3. The van der Waals surface area contributed by atoms with Gasteiger partial charge in [0.2, 0.25) is 10.8 Å². The molecule has 2 amide bonds. The van der Waals surface area contributed by atoms with E-state index < -0.39 is 48.3 Å². The molecule has 2 aliphatic rings. The molecule has 0 fully saturated rings. The number of thioether (sulfide) groups is 1. The molecule has 2 aromatic carbocycles. The van der Waals surface area contributed by atoms with Crippen LogP contribution in [0.25, 0.3) is 0 Å². The first kappa shape index (κ1) is 36.4. The molecule has 2 atom stereocenters. The van der Waals surface area contributed by atoms with Crippen LogP contribution in [0.5, 0.6) is 5.75 Å². The third kappa shape index (κ3) is 9.79. The minimum absolute atomic E-state index is 0.341. The minimum Gasteiger partial charge on any atom is -0.593 e. The number of nitrogens with one attached hydrogen (secondary N) is 3. The lowest BCUT2D eigenvalue weighted by molar-refractivity contribution is -0.138. The van der Waals surface area contributed by atoms with E-state index in [9.17, 15) is 18.9 Å². The van der Waals surface area contributed by atoms with Gasteiger partial charge in [-0.15, -0.1) is 16.5 Å². The lowest BCUT2D eigenvalue weighted by Crippen LogP contribution is -2.53. The van der Waals surface area contributed by atoms with E-state index in [-0.39, 0.29) is 5.54 Å². The van der Waals surface area contributed by atoms with E-state index in [0.29, 0.717) is 22.8 Å². The van der Waals surface area contributed by atoms with Crippen LogP contribution in [0.15, 0.2) is 76.2 Å². The van der Waals surface area contributed by atoms with Gasteiger partial charge in [0.15, 0.2) is 6.61 Å². The first-order valence-electron chi connectivity index (χ1n) is 16.2. The molecule has 0 aromatic heterocycles. The Bertz CT molecular complexity index is 1440. The molecular formula is C35H46N4O6S2. The number of nitrogens with zero attached hydrogens (tertiary/aromatic N) is 1. The van der Waals surface area contributed by atoms with Crippen LogP contribution >= 0.6 is 11.8 Å². The van der Waals surface area contributed by atoms with E-state index in [4.69, 9.17) is 9.84 Å². The maximum absolute atomic E-state index is 14.2. The number of allylic oxidation sites excluding steroid dienone is 4. The van der Waals surface area contributed by atoms with Gasteiger partial charge in [0.05, 0.1) is 21.8 Å². The first-order chi connectivity index (χ1) is 22.7. The number of carboxylic acid groups (broad SMARTS) is 1. The number of amides is 2. The molecule has 1 aliphatic heterocycles. The van der Waals surface area contributed by atoms with Gasteiger partial charge >= 0.3 is 5.97 Å². The molecule has 0 saturated carbocycles. The van der Waals surface area contributed by atoms with Crippen LogP contribution in [-0.2, 0) is 25.7 Å². The fraction of sp³-hybridized carbons (Fsp3) is 0.457. The van der Waals surface area contributed by atoms with Crippen LogP contribution in [0.3, 0.4) is 0 Å². The van der Waals surface area contributed by atoms with Crippen molar-refractivity contribution >= 4 is 46.6 Å². The molecule has 2 aromatic rings. The molecule has 0 radical (unpaired) electrons. The number of hydrogen-bond donors (Lipinski definition) is 4. The maximum atomic E-state index is 14.2. The Hall–Kier alpha value is -3.45. The zero-order valence-corrected chi connectivity index (χ0v) is 29.0. The van der Waals surface area contributed by atoms with Crippen molar-refractivity contribution in [2.24, 2.45) is 0 Å². The van der Waals surface area contributed by atoms with Crippen LogP contribution in [0, 0.1) is 0 Å². The van der Waals surface area contributed by atoms with Gasteiger partial charge in [-0.3, -0.25) is 14.4 Å². The highest BCUT2D eigenvalue weighted by Gasteiger charge is 2.43. The average molecular weight is 683 g/mol. The average Bonchev–Trinajstić information content (AvgIpc) is 3.20. The number of hydrogen-bond acceptors (Lipinski definition) is 8. The van der Waals surface area contributed by atoms with Crippen LogP contribution in [0.4, 0.5) is 5.69 Å². The van der Waals surface area contributed by atoms with Crippen molar-refractivity contribution in [1.29, 1.82) is 0 Å². The largest absolute Gasteiger partial charge is 0.593 e. The van der Waals surface area contributed by atoms with E-state index in [1.807, 2.05) is 12.3 Å². The lowest BCUT2D eigenvalue weighted by Gasteiger charge is -2.37. The molecule has 0 saturated heterocycles. The van der Waals surface area contributed by atoms with E-state index >= 15 is 0 Å². The van der Waals surface area contributed by atoms with E-state index in [0.717, 1.165) is 61.9 Å². The van der Waals surface area contributed by atoms with Gasteiger partial charge in [0, 0.05) is 18.3 Å². The van der Waals surface area contributed by atoms with Gasteiger partial charge < -0.3 is 29.9 Å². The van der Waals surface area contributed by atoms with Crippen molar-refractivity contribution in [2.75, 3.05) is 30.9 Å². The molecule has 2 unspecified atom stereocenters. The molecular weight excluding hydrogens is 637 g/mol. The van der Waals surface area contributed by atoms with Crippen molar-refractivity contribution < 1.29 is 28.8 Å². The maximum Gasteiger partial charge on any atom is 0.322 e. The quantitative estimate of drug-likeness (QED) is 0.131. The SMILES string of the molecule is CCCCC1(CCCC)CN(C2=CC=CCC2)c2cc(SC)c(OCC(=O)NC(C(=O)NCC(=O)O)c3ccccc3)cc2[S+]([O-])N1. The van der Waals surface area contributed by atoms with E-state index in [1.165, 1.54) is 17.5 Å². The Kier molecular flexibility index (Phi) is 13.6. The number of aliphatic carboxylic acids is 1. The summed E-state index contributed by atoms with van der Waals surface area (Å²) in [5.74, 6) is -1.99. The summed E-state index contributed by atoms with van der Waals surface area (Å²) in [6.45, 7) is 4.08. The Morgan fingerprint density at radius 3 is 2.49 bits per heavy atom. The van der Waals surface area contributed by atoms with Gasteiger partial charge in [0.1, 0.15) is 24.0 Å². The van der Waals surface area contributed by atoms with Crippen molar-refractivity contribution in [2.45, 2.75) is 86.6 Å². The van der Waals surface area contributed by atoms with Gasteiger partial charge in [-0.2, -0.15) is 0 Å². The van der Waals surface area contributed by atoms with Crippen molar-refractivity contribution in [3.63, 3.8) is 0 Å². The summed E-state index contributed by atoms with van der Waals surface area (Å²) in [5, 5.41) is 14.0. The van der Waals surface area contributed by atoms with Crippen LogP contribution in [0.1, 0.15) is 76.8 Å². The Balaban J connectivity index is 1.62. The number of benzene rings is 2. The van der Waals surface area contributed by atoms with Crippen molar-refractivity contribution in [3.05, 3.63) is 72.0 Å². The smallest absolute Gasteiger partial charge is 0.322 e. The van der Waals surface area contributed by atoms with Gasteiger partial charge in [-0.25, -0.2) is 0 Å². The lowest BCUT2D eigenvalue weighted by atomic mass is 9.87. The second-order valence-electron chi connectivity index (χ2n) is 11.9. The van der Waals surface area contributed by atoms with Crippen molar-refractivity contribution in [1.82, 2.24) is 15.4 Å². The second-order valence-corrected chi connectivity index (χ2v) is 13.9. The van der Waals surface area contributed by atoms with Gasteiger partial charge in [-0.05, 0) is 49.6 Å². The summed E-state index contributed by atoms with van der Waals surface area (Å²) in [6, 6.07) is 11.3. The fourth-order valence-electron chi connectivity index (χ4n) is 5.88. The number of ether oxygens (including phenoxy) is 1. The molecule has 4 rings (SSSR count). The van der Waals surface area contributed by atoms with Crippen LogP contribution < -0.4 is 25.0 Å². The third-order valence-corrected chi connectivity index (χ3v) is 10.4. The highest BCUT2D eigenvalue weighted by atomic mass is 32.2. The first-order valence-corrected chi connectivity index (χ1v) is 18.6. The number of rotatable bonds is 16. The Morgan fingerprint density at radius 2 is 1.87 bits per heavy atom. The molecule has 0 spiro atoms. The minimum atomic E-state index is -1.54. The fourth-order valence-corrected chi connectivity index (χ4v) is 7.77. The molecule has 1 heterocycles. The Morgan fingerprint density at radius 1 is 1.15 bits per heavy atom. The van der Waals surface area contributed by atoms with Gasteiger partial charge in [0.25, 0.3) is 5.91 Å². The van der Waals surface area contributed by atoms with Crippen LogP contribution in [0.2, 0.25) is 0 Å². The Labute approximate surface area is 285 Å². The molecule has 1 aliphatic carbocycles. The summed E-state index contributed by atoms with van der Waals surface area (Å²) in [6.07, 6.45) is 16.1. The topological polar surface area (TPSA) is 143 Å². The molecule has 0 bridgehead atoms. The molecule has 10 nitrogen and oxygen atoms in total. The predicted molar refractivity (Wildman–Crippen MR) is 187 cm³/mol. The zero-order chi connectivity index (χ0) is 33.8. The van der Waals surface area contributed by atoms with E-state index in [2.05, 4.69) is 52.3 Å². The standard InChI is InChI=1S/C35H46N4O6S2/c1-4-6-18-35(19-7-5-2)24-39(26-16-12-9-13-17-26)27-20-29(46-3)28(21-30(27)47(44)38-35)45-23-31(40)37-33(25-14-10-8-11-15-25)34(43)36-22-32(41)42/h8-12,14-16,20-21,33,38H,4-7,13,17-19,22-24H2,1-3H3,(H,36,43)(H,37,40)(H,41,42). The normalized spacial score (nSPS) is 17.6.